The average Bonchev–Trinajstić information content (AvgIpc) is 2.36. The van der Waals surface area contributed by atoms with E-state index in [1.54, 1.807) is 24.3 Å². The first-order valence-electron chi connectivity index (χ1n) is 5.15. The molecular weight excluding hydrogens is 238 g/mol. The molecule has 0 fully saturated rings. The van der Waals surface area contributed by atoms with E-state index in [9.17, 15) is 14.9 Å². The van der Waals surface area contributed by atoms with E-state index < -0.39 is 10.9 Å². The van der Waals surface area contributed by atoms with Gasteiger partial charge in [0.1, 0.15) is 11.8 Å². The molecule has 94 valence electrons. The fourth-order valence-corrected chi connectivity index (χ4v) is 1.27. The van der Waals surface area contributed by atoms with Crippen molar-refractivity contribution in [3.63, 3.8) is 0 Å². The number of esters is 1. The highest BCUT2D eigenvalue weighted by Crippen LogP contribution is 2.22. The zero-order valence-electron chi connectivity index (χ0n) is 9.46. The number of ether oxygens (including phenoxy) is 1. The minimum atomic E-state index is -0.525. The van der Waals surface area contributed by atoms with Gasteiger partial charge in [0.05, 0.1) is 11.3 Å². The van der Waals surface area contributed by atoms with Gasteiger partial charge in [0.2, 0.25) is 0 Å². The molecule has 0 atom stereocenters. The third kappa shape index (κ3) is 4.09. The molecule has 0 spiro atoms. The minimum Gasteiger partial charge on any atom is -0.450 e. The first-order valence-corrected chi connectivity index (χ1v) is 5.15. The number of nitrogens with zero attached hydrogens (tertiary/aromatic N) is 2. The summed E-state index contributed by atoms with van der Waals surface area (Å²) in [4.78, 5) is 21.3. The summed E-state index contributed by atoms with van der Waals surface area (Å²) in [5, 5.41) is 21.7. The molecule has 7 nitrogen and oxygen atoms in total. The smallest absolute Gasteiger partial charge is 0.308 e. The second-order valence-corrected chi connectivity index (χ2v) is 3.27. The highest BCUT2D eigenvalue weighted by Gasteiger charge is 2.12. The van der Waals surface area contributed by atoms with E-state index in [-0.39, 0.29) is 25.3 Å². The van der Waals surface area contributed by atoms with Crippen LogP contribution in [-0.4, -0.2) is 24.0 Å². The molecule has 1 rings (SSSR count). The van der Waals surface area contributed by atoms with Gasteiger partial charge >= 0.3 is 5.97 Å². The zero-order chi connectivity index (χ0) is 13.4. The molecular formula is C11H11N3O4. The quantitative estimate of drug-likeness (QED) is 0.465. The van der Waals surface area contributed by atoms with E-state index >= 15 is 0 Å². The average molecular weight is 249 g/mol. The van der Waals surface area contributed by atoms with Crippen LogP contribution < -0.4 is 5.32 Å². The van der Waals surface area contributed by atoms with Crippen molar-refractivity contribution in [2.75, 3.05) is 18.5 Å². The summed E-state index contributed by atoms with van der Waals surface area (Å²) in [6.45, 7) is -0.0839. The van der Waals surface area contributed by atoms with E-state index in [0.717, 1.165) is 0 Å². The van der Waals surface area contributed by atoms with E-state index in [0.29, 0.717) is 5.69 Å². The Kier molecular flexibility index (Phi) is 5.12. The zero-order valence-corrected chi connectivity index (χ0v) is 9.46. The number of anilines is 1. The second-order valence-electron chi connectivity index (χ2n) is 3.27. The highest BCUT2D eigenvalue weighted by atomic mass is 16.6. The van der Waals surface area contributed by atoms with Crippen LogP contribution in [0.4, 0.5) is 11.4 Å². The number of nitrogens with one attached hydrogen (secondary N) is 1. The van der Waals surface area contributed by atoms with Crippen molar-refractivity contribution in [1.82, 2.24) is 0 Å². The van der Waals surface area contributed by atoms with Crippen LogP contribution in [0.2, 0.25) is 0 Å². The van der Waals surface area contributed by atoms with Crippen LogP contribution in [-0.2, 0) is 9.53 Å². The lowest BCUT2D eigenvalue weighted by Gasteiger charge is -2.06. The maximum Gasteiger partial charge on any atom is 0.308 e. The molecule has 0 amide bonds. The van der Waals surface area contributed by atoms with Gasteiger partial charge in [-0.2, -0.15) is 5.26 Å². The van der Waals surface area contributed by atoms with Gasteiger partial charge < -0.3 is 10.1 Å². The molecule has 1 aromatic rings. The van der Waals surface area contributed by atoms with Crippen molar-refractivity contribution >= 4 is 17.3 Å². The third-order valence-corrected chi connectivity index (χ3v) is 2.04. The molecule has 0 saturated heterocycles. The van der Waals surface area contributed by atoms with Crippen molar-refractivity contribution < 1.29 is 14.5 Å². The van der Waals surface area contributed by atoms with Crippen LogP contribution in [0.3, 0.4) is 0 Å². The lowest BCUT2D eigenvalue weighted by atomic mass is 10.2. The molecule has 1 aromatic carbocycles. The van der Waals surface area contributed by atoms with Crippen LogP contribution in [0.25, 0.3) is 0 Å². The number of para-hydroxylation sites is 2. The number of carbonyl (C=O) groups is 1. The largest absolute Gasteiger partial charge is 0.450 e. The topological polar surface area (TPSA) is 105 Å². The van der Waals surface area contributed by atoms with E-state index in [2.05, 4.69) is 10.1 Å². The molecule has 0 aromatic heterocycles. The number of rotatable bonds is 6. The van der Waals surface area contributed by atoms with Gasteiger partial charge in [0.15, 0.2) is 6.61 Å². The van der Waals surface area contributed by atoms with Gasteiger partial charge in [-0.3, -0.25) is 14.9 Å². The fourth-order valence-electron chi connectivity index (χ4n) is 1.27. The monoisotopic (exact) mass is 249 g/mol. The molecule has 0 heterocycles. The number of carbonyl (C=O) groups excluding carboxylic acids is 1. The minimum absolute atomic E-state index is 0.0354. The van der Waals surface area contributed by atoms with Crippen molar-refractivity contribution in [3.8, 4) is 6.07 Å². The molecule has 0 unspecified atom stereocenters. The summed E-state index contributed by atoms with van der Waals surface area (Å²) in [6, 6.07) is 7.82. The van der Waals surface area contributed by atoms with Gasteiger partial charge in [0, 0.05) is 12.6 Å². The Morgan fingerprint density at radius 2 is 2.22 bits per heavy atom. The van der Waals surface area contributed by atoms with Crippen LogP contribution in [0.5, 0.6) is 0 Å². The molecule has 0 radical (unpaired) electrons. The number of hydrogen-bond donors (Lipinski definition) is 1. The lowest BCUT2D eigenvalue weighted by Crippen LogP contribution is -2.12. The van der Waals surface area contributed by atoms with Gasteiger partial charge in [0.25, 0.3) is 5.69 Å². The summed E-state index contributed by atoms with van der Waals surface area (Å²) < 4.78 is 4.53. The standard InChI is InChI=1S/C11H11N3O4/c12-6-8-18-11(15)5-7-13-9-3-1-2-4-10(9)14(16)17/h1-4,13H,5,7-8H2. The molecule has 0 aliphatic carbocycles. The first kappa shape index (κ1) is 13.4. The third-order valence-electron chi connectivity index (χ3n) is 2.04. The van der Waals surface area contributed by atoms with Crippen molar-refractivity contribution in [1.29, 1.82) is 5.26 Å². The maximum atomic E-state index is 11.1. The second kappa shape index (κ2) is 6.85. The number of nitro groups is 1. The predicted molar refractivity (Wildman–Crippen MR) is 62.8 cm³/mol. The number of nitriles is 1. The summed E-state index contributed by atoms with van der Waals surface area (Å²) >= 11 is 0. The number of nitro benzene ring substituents is 1. The Morgan fingerprint density at radius 3 is 2.89 bits per heavy atom. The Labute approximate surface area is 103 Å². The van der Waals surface area contributed by atoms with Gasteiger partial charge in [-0.15, -0.1) is 0 Å². The molecule has 0 aliphatic rings. The van der Waals surface area contributed by atoms with Gasteiger partial charge in [-0.05, 0) is 6.07 Å². The van der Waals surface area contributed by atoms with Crippen molar-refractivity contribution in [3.05, 3.63) is 34.4 Å². The van der Waals surface area contributed by atoms with E-state index in [1.165, 1.54) is 6.07 Å². The molecule has 0 saturated carbocycles. The highest BCUT2D eigenvalue weighted by molar-refractivity contribution is 5.70. The van der Waals surface area contributed by atoms with Crippen LogP contribution in [0.1, 0.15) is 6.42 Å². The Morgan fingerprint density at radius 1 is 1.50 bits per heavy atom. The van der Waals surface area contributed by atoms with Crippen molar-refractivity contribution in [2.45, 2.75) is 6.42 Å². The summed E-state index contributed by atoms with van der Waals surface area (Å²) in [5.41, 5.74) is 0.290. The molecule has 1 N–H and O–H groups in total. The van der Waals surface area contributed by atoms with Crippen LogP contribution >= 0.6 is 0 Å². The van der Waals surface area contributed by atoms with E-state index in [1.807, 2.05) is 0 Å². The summed E-state index contributed by atoms with van der Waals surface area (Å²) in [7, 11) is 0. The molecule has 7 heteroatoms. The Hall–Kier alpha value is -2.62. The molecule has 0 bridgehead atoms. The first-order chi connectivity index (χ1) is 8.65. The fraction of sp³-hybridized carbons (Fsp3) is 0.273. The van der Waals surface area contributed by atoms with E-state index in [4.69, 9.17) is 5.26 Å². The molecule has 0 aliphatic heterocycles. The van der Waals surface area contributed by atoms with Crippen LogP contribution in [0, 0.1) is 21.4 Å². The lowest BCUT2D eigenvalue weighted by molar-refractivity contribution is -0.384. The Bertz CT molecular complexity index is 481. The van der Waals surface area contributed by atoms with Crippen molar-refractivity contribution in [2.24, 2.45) is 0 Å². The number of benzene rings is 1. The van der Waals surface area contributed by atoms with Crippen LogP contribution in [0.15, 0.2) is 24.3 Å². The van der Waals surface area contributed by atoms with Gasteiger partial charge in [-0.1, -0.05) is 12.1 Å². The number of hydrogen-bond acceptors (Lipinski definition) is 6. The summed E-state index contributed by atoms with van der Waals surface area (Å²) in [6.07, 6.45) is 0.0354. The Balaban J connectivity index is 2.47. The maximum absolute atomic E-state index is 11.1. The normalized spacial score (nSPS) is 9.28. The van der Waals surface area contributed by atoms with Gasteiger partial charge in [-0.25, -0.2) is 0 Å². The SMILES string of the molecule is N#CCOC(=O)CCNc1ccccc1[N+](=O)[O-]. The predicted octanol–water partition coefficient (Wildman–Crippen LogP) is 1.46. The summed E-state index contributed by atoms with van der Waals surface area (Å²) in [5.74, 6) is -0.525. The molecule has 18 heavy (non-hydrogen) atoms.